The third-order valence-corrected chi connectivity index (χ3v) is 4.35. The van der Waals surface area contributed by atoms with Gasteiger partial charge >= 0.3 is 6.18 Å². The Morgan fingerprint density at radius 1 is 1.21 bits per heavy atom. The molecule has 0 atom stereocenters. The van der Waals surface area contributed by atoms with Crippen molar-refractivity contribution < 1.29 is 13.2 Å². The maximum absolute atomic E-state index is 12.6. The third-order valence-electron chi connectivity index (χ3n) is 3.85. The lowest BCUT2D eigenvalue weighted by Gasteiger charge is -2.29. The van der Waals surface area contributed by atoms with Gasteiger partial charge < -0.3 is 4.57 Å². The molecular formula is C12H17BrF3N3. The van der Waals surface area contributed by atoms with Gasteiger partial charge in [-0.1, -0.05) is 15.9 Å². The van der Waals surface area contributed by atoms with Gasteiger partial charge in [0.15, 0.2) is 0 Å². The van der Waals surface area contributed by atoms with Crippen molar-refractivity contribution >= 4 is 15.9 Å². The van der Waals surface area contributed by atoms with Crippen LogP contribution in [-0.2, 0) is 11.9 Å². The molecule has 1 aliphatic carbocycles. The van der Waals surface area contributed by atoms with Gasteiger partial charge in [-0.05, 0) is 32.6 Å². The summed E-state index contributed by atoms with van der Waals surface area (Å²) in [5.41, 5.74) is 0. The molecule has 0 saturated heterocycles. The monoisotopic (exact) mass is 339 g/mol. The second kappa shape index (κ2) is 5.81. The summed E-state index contributed by atoms with van der Waals surface area (Å²) >= 11 is 3.35. The molecule has 1 aliphatic rings. The molecule has 1 heterocycles. The number of aromatic nitrogens is 3. The van der Waals surface area contributed by atoms with Gasteiger partial charge in [-0.3, -0.25) is 0 Å². The fourth-order valence-corrected chi connectivity index (χ4v) is 3.19. The zero-order chi connectivity index (χ0) is 14.0. The van der Waals surface area contributed by atoms with E-state index in [0.717, 1.165) is 18.2 Å². The van der Waals surface area contributed by atoms with Gasteiger partial charge in [0.05, 0.1) is 11.2 Å². The van der Waals surface area contributed by atoms with E-state index in [-0.39, 0.29) is 18.8 Å². The van der Waals surface area contributed by atoms with Crippen LogP contribution >= 0.6 is 15.9 Å². The van der Waals surface area contributed by atoms with Gasteiger partial charge in [0.2, 0.25) is 0 Å². The lowest BCUT2D eigenvalue weighted by Crippen LogP contribution is -2.28. The summed E-state index contributed by atoms with van der Waals surface area (Å²) in [6.45, 7) is 2.75. The van der Waals surface area contributed by atoms with E-state index in [9.17, 15) is 13.2 Å². The number of rotatable bonds is 3. The molecule has 0 unspecified atom stereocenters. The van der Waals surface area contributed by atoms with Crippen LogP contribution in [0.2, 0.25) is 0 Å². The van der Waals surface area contributed by atoms with Gasteiger partial charge in [-0.15, -0.1) is 10.2 Å². The molecule has 0 bridgehead atoms. The second-order valence-corrected chi connectivity index (χ2v) is 5.50. The van der Waals surface area contributed by atoms with Crippen LogP contribution < -0.4 is 0 Å². The minimum Gasteiger partial charge on any atom is -0.314 e. The Hall–Kier alpha value is -0.590. The van der Waals surface area contributed by atoms with Crippen molar-refractivity contribution in [1.82, 2.24) is 14.8 Å². The highest BCUT2D eigenvalue weighted by molar-refractivity contribution is 9.08. The van der Waals surface area contributed by atoms with Crippen molar-refractivity contribution in [2.24, 2.45) is 5.92 Å². The molecule has 1 fully saturated rings. The van der Waals surface area contributed by atoms with E-state index in [2.05, 4.69) is 26.1 Å². The molecule has 108 valence electrons. The van der Waals surface area contributed by atoms with Gasteiger partial charge in [-0.2, -0.15) is 13.2 Å². The van der Waals surface area contributed by atoms with Crippen LogP contribution in [0, 0.1) is 5.92 Å². The third kappa shape index (κ3) is 3.12. The van der Waals surface area contributed by atoms with Crippen molar-refractivity contribution in [2.75, 3.05) is 0 Å². The first-order valence-corrected chi connectivity index (χ1v) is 7.64. The van der Waals surface area contributed by atoms with Crippen molar-refractivity contribution in [1.29, 1.82) is 0 Å². The molecule has 0 amide bonds. The topological polar surface area (TPSA) is 30.7 Å². The van der Waals surface area contributed by atoms with E-state index in [1.807, 2.05) is 11.5 Å². The summed E-state index contributed by atoms with van der Waals surface area (Å²) in [7, 11) is 0. The molecule has 3 nitrogen and oxygen atoms in total. The summed E-state index contributed by atoms with van der Waals surface area (Å²) in [5.74, 6) is 0.657. The van der Waals surface area contributed by atoms with E-state index < -0.39 is 12.1 Å². The fourth-order valence-electron chi connectivity index (χ4n) is 2.77. The Labute approximate surface area is 118 Å². The van der Waals surface area contributed by atoms with Crippen LogP contribution in [-0.4, -0.2) is 20.9 Å². The first-order chi connectivity index (χ1) is 8.97. The molecule has 0 radical (unpaired) electrons. The lowest BCUT2D eigenvalue weighted by molar-refractivity contribution is -0.182. The Morgan fingerprint density at radius 2 is 1.84 bits per heavy atom. The quantitative estimate of drug-likeness (QED) is 0.778. The van der Waals surface area contributed by atoms with Crippen LogP contribution in [0.5, 0.6) is 0 Å². The molecule has 0 aliphatic heterocycles. The maximum atomic E-state index is 12.6. The number of alkyl halides is 4. The molecule has 7 heteroatoms. The van der Waals surface area contributed by atoms with Crippen LogP contribution in [0.3, 0.4) is 0 Å². The summed E-state index contributed by atoms with van der Waals surface area (Å²) in [6.07, 6.45) is -2.55. The van der Waals surface area contributed by atoms with Crippen molar-refractivity contribution in [3.8, 4) is 0 Å². The van der Waals surface area contributed by atoms with E-state index in [1.165, 1.54) is 0 Å². The first kappa shape index (κ1) is 14.8. The van der Waals surface area contributed by atoms with E-state index in [4.69, 9.17) is 0 Å². The minimum absolute atomic E-state index is 0.110. The predicted molar refractivity (Wildman–Crippen MR) is 69.1 cm³/mol. The van der Waals surface area contributed by atoms with Crippen LogP contribution in [0.15, 0.2) is 0 Å². The van der Waals surface area contributed by atoms with Gasteiger partial charge in [0.1, 0.15) is 11.6 Å². The summed E-state index contributed by atoms with van der Waals surface area (Å²) in [6, 6.07) is 0. The summed E-state index contributed by atoms with van der Waals surface area (Å²) < 4.78 is 39.9. The average molecular weight is 340 g/mol. The molecule has 0 aromatic carbocycles. The Morgan fingerprint density at radius 3 is 2.32 bits per heavy atom. The van der Waals surface area contributed by atoms with E-state index in [1.54, 1.807) is 0 Å². The standard InChI is InChI=1S/C12H17BrF3N3/c1-2-19-10(7-13)17-18-11(19)8-3-5-9(6-4-8)12(14,15)16/h8-9H,2-7H2,1H3. The van der Waals surface area contributed by atoms with Crippen molar-refractivity contribution in [3.05, 3.63) is 11.6 Å². The average Bonchev–Trinajstić information content (AvgIpc) is 2.80. The highest BCUT2D eigenvalue weighted by atomic mass is 79.9. The number of hydrogen-bond acceptors (Lipinski definition) is 2. The summed E-state index contributed by atoms with van der Waals surface area (Å²) in [5, 5.41) is 8.88. The predicted octanol–water partition coefficient (Wildman–Crippen LogP) is 4.03. The van der Waals surface area contributed by atoms with E-state index in [0.29, 0.717) is 18.2 Å². The van der Waals surface area contributed by atoms with E-state index >= 15 is 0 Å². The summed E-state index contributed by atoms with van der Waals surface area (Å²) in [4.78, 5) is 0. The smallest absolute Gasteiger partial charge is 0.314 e. The normalized spacial score (nSPS) is 24.7. The zero-order valence-corrected chi connectivity index (χ0v) is 12.3. The molecule has 1 aromatic rings. The highest BCUT2D eigenvalue weighted by Gasteiger charge is 2.42. The molecule has 1 saturated carbocycles. The highest BCUT2D eigenvalue weighted by Crippen LogP contribution is 2.42. The Bertz CT molecular complexity index is 422. The van der Waals surface area contributed by atoms with Crippen molar-refractivity contribution in [2.45, 2.75) is 56.6 Å². The van der Waals surface area contributed by atoms with Gasteiger partial charge in [-0.25, -0.2) is 0 Å². The lowest BCUT2D eigenvalue weighted by atomic mass is 9.81. The SMILES string of the molecule is CCn1c(CBr)nnc1C1CCC(C(F)(F)F)CC1. The number of nitrogens with zero attached hydrogens (tertiary/aromatic N) is 3. The first-order valence-electron chi connectivity index (χ1n) is 6.52. The van der Waals surface area contributed by atoms with Gasteiger partial charge in [0, 0.05) is 12.5 Å². The molecule has 19 heavy (non-hydrogen) atoms. The minimum atomic E-state index is -4.05. The Balaban J connectivity index is 2.08. The molecule has 1 aromatic heterocycles. The maximum Gasteiger partial charge on any atom is 0.391 e. The molecular weight excluding hydrogens is 323 g/mol. The zero-order valence-electron chi connectivity index (χ0n) is 10.8. The fraction of sp³-hybridized carbons (Fsp3) is 0.833. The second-order valence-electron chi connectivity index (χ2n) is 4.94. The molecule has 0 spiro atoms. The number of halogens is 4. The largest absolute Gasteiger partial charge is 0.391 e. The molecule has 2 rings (SSSR count). The van der Waals surface area contributed by atoms with Crippen molar-refractivity contribution in [3.63, 3.8) is 0 Å². The Kier molecular flexibility index (Phi) is 4.53. The van der Waals surface area contributed by atoms with Crippen LogP contribution in [0.4, 0.5) is 13.2 Å². The van der Waals surface area contributed by atoms with Crippen LogP contribution in [0.1, 0.15) is 50.2 Å². The molecule has 0 N–H and O–H groups in total. The number of hydrogen-bond donors (Lipinski definition) is 0. The van der Waals surface area contributed by atoms with Gasteiger partial charge in [0.25, 0.3) is 0 Å². The van der Waals surface area contributed by atoms with Crippen LogP contribution in [0.25, 0.3) is 0 Å².